The van der Waals surface area contributed by atoms with E-state index in [1.807, 2.05) is 0 Å². The molecule has 0 spiro atoms. The Hall–Kier alpha value is -0.100. The van der Waals surface area contributed by atoms with Gasteiger partial charge in [0.05, 0.1) is 15.0 Å². The van der Waals surface area contributed by atoms with Crippen LogP contribution < -0.4 is 10.1 Å². The summed E-state index contributed by atoms with van der Waals surface area (Å²) < 4.78 is 13.7. The average molecular weight is 419 g/mol. The predicted octanol–water partition coefficient (Wildman–Crippen LogP) is 4.41. The molecule has 0 radical (unpaired) electrons. The molecule has 3 nitrogen and oxygen atoms in total. The molecule has 116 valence electrons. The van der Waals surface area contributed by atoms with Gasteiger partial charge in [-0.15, -0.1) is 0 Å². The zero-order valence-electron chi connectivity index (χ0n) is 12.0. The first-order valence-electron chi connectivity index (χ1n) is 7.68. The summed E-state index contributed by atoms with van der Waals surface area (Å²) in [6.07, 6.45) is 6.36. The first-order valence-corrected chi connectivity index (χ1v) is 9.26. The topological polar surface area (TPSA) is 30.5 Å². The van der Waals surface area contributed by atoms with E-state index in [0.717, 1.165) is 40.3 Å². The molecule has 0 amide bonds. The van der Waals surface area contributed by atoms with Crippen molar-refractivity contribution < 1.29 is 9.47 Å². The Morgan fingerprint density at radius 1 is 1.14 bits per heavy atom. The molecule has 5 heteroatoms. The molecule has 1 atom stereocenters. The molecule has 1 aromatic rings. The smallest absolute Gasteiger partial charge is 0.147 e. The van der Waals surface area contributed by atoms with Gasteiger partial charge in [-0.2, -0.15) is 0 Å². The van der Waals surface area contributed by atoms with Crippen LogP contribution in [0.3, 0.4) is 0 Å². The minimum Gasteiger partial charge on any atom is -0.489 e. The molecule has 3 rings (SSSR count). The number of rotatable bonds is 6. The molecule has 1 aliphatic heterocycles. The average Bonchev–Trinajstić information content (AvgIpc) is 3.29. The molecular weight excluding hydrogens is 398 g/mol. The predicted molar refractivity (Wildman–Crippen MR) is 90.8 cm³/mol. The lowest BCUT2D eigenvalue weighted by Crippen LogP contribution is -2.26. The monoisotopic (exact) mass is 417 g/mol. The van der Waals surface area contributed by atoms with Gasteiger partial charge in [0, 0.05) is 19.2 Å². The summed E-state index contributed by atoms with van der Waals surface area (Å²) in [6.45, 7) is 2.40. The fraction of sp³-hybridized carbons (Fsp3) is 0.625. The van der Waals surface area contributed by atoms with Gasteiger partial charge in [0.1, 0.15) is 12.4 Å². The third kappa shape index (κ3) is 4.68. The van der Waals surface area contributed by atoms with E-state index in [2.05, 4.69) is 49.3 Å². The molecule has 2 fully saturated rings. The fourth-order valence-electron chi connectivity index (χ4n) is 2.52. The second kappa shape index (κ2) is 7.44. The summed E-state index contributed by atoms with van der Waals surface area (Å²) in [6, 6.07) is 5.00. The van der Waals surface area contributed by atoms with Crippen LogP contribution in [0.5, 0.6) is 5.75 Å². The van der Waals surface area contributed by atoms with Gasteiger partial charge < -0.3 is 14.8 Å². The highest BCUT2D eigenvalue weighted by molar-refractivity contribution is 9.11. The van der Waals surface area contributed by atoms with Crippen LogP contribution in [0.2, 0.25) is 0 Å². The Morgan fingerprint density at radius 3 is 2.52 bits per heavy atom. The second-order valence-electron chi connectivity index (χ2n) is 5.84. The van der Waals surface area contributed by atoms with Gasteiger partial charge in [0.25, 0.3) is 0 Å². The van der Waals surface area contributed by atoms with Gasteiger partial charge in [-0.3, -0.25) is 0 Å². The number of halogens is 2. The van der Waals surface area contributed by atoms with Gasteiger partial charge >= 0.3 is 0 Å². The van der Waals surface area contributed by atoms with E-state index in [1.54, 1.807) is 0 Å². The molecular formula is C16H21Br2NO2. The molecule has 1 unspecified atom stereocenters. The van der Waals surface area contributed by atoms with E-state index in [1.165, 1.54) is 31.2 Å². The van der Waals surface area contributed by atoms with Gasteiger partial charge in [-0.1, -0.05) is 0 Å². The van der Waals surface area contributed by atoms with Gasteiger partial charge in [-0.05, 0) is 81.7 Å². The Labute approximate surface area is 143 Å². The van der Waals surface area contributed by atoms with Crippen LogP contribution in [0.25, 0.3) is 0 Å². The number of hydrogen-bond donors (Lipinski definition) is 1. The molecule has 1 saturated heterocycles. The Balaban J connectivity index is 1.58. The fourth-order valence-corrected chi connectivity index (χ4v) is 4.03. The van der Waals surface area contributed by atoms with Crippen molar-refractivity contribution in [3.63, 3.8) is 0 Å². The summed E-state index contributed by atoms with van der Waals surface area (Å²) >= 11 is 7.24. The minimum absolute atomic E-state index is 0.230. The number of benzene rings is 1. The lowest BCUT2D eigenvalue weighted by molar-refractivity contribution is -0.0113. The van der Waals surface area contributed by atoms with Crippen molar-refractivity contribution in [1.82, 2.24) is 5.32 Å². The molecule has 1 aliphatic carbocycles. The van der Waals surface area contributed by atoms with Crippen LogP contribution in [-0.4, -0.2) is 25.4 Å². The van der Waals surface area contributed by atoms with E-state index < -0.39 is 0 Å². The van der Waals surface area contributed by atoms with Crippen molar-refractivity contribution in [2.45, 2.75) is 50.8 Å². The molecule has 2 aliphatic rings. The maximum atomic E-state index is 5.96. The van der Waals surface area contributed by atoms with Crippen LogP contribution in [0.1, 0.15) is 37.7 Å². The van der Waals surface area contributed by atoms with Crippen LogP contribution >= 0.6 is 31.9 Å². The standard InChI is InChI=1S/C16H21Br2NO2/c17-14-7-11(9-19-12-4-5-12)8-15(18)16(14)21-10-13-3-1-2-6-20-13/h7-8,12-13,19H,1-6,9-10H2. The third-order valence-corrected chi connectivity index (χ3v) is 5.10. The molecule has 1 saturated carbocycles. The molecule has 0 aromatic heterocycles. The maximum Gasteiger partial charge on any atom is 0.147 e. The summed E-state index contributed by atoms with van der Waals surface area (Å²) in [4.78, 5) is 0. The lowest BCUT2D eigenvalue weighted by atomic mass is 10.1. The quantitative estimate of drug-likeness (QED) is 0.741. The first-order chi connectivity index (χ1) is 10.2. The SMILES string of the molecule is Brc1cc(CNC2CC2)cc(Br)c1OCC1CCCCO1. The number of hydrogen-bond acceptors (Lipinski definition) is 3. The van der Waals surface area contributed by atoms with Gasteiger partial charge in [0.15, 0.2) is 0 Å². The molecule has 1 heterocycles. The van der Waals surface area contributed by atoms with E-state index in [-0.39, 0.29) is 6.10 Å². The molecule has 21 heavy (non-hydrogen) atoms. The van der Waals surface area contributed by atoms with Crippen LogP contribution in [0.4, 0.5) is 0 Å². The van der Waals surface area contributed by atoms with Crippen molar-refractivity contribution in [1.29, 1.82) is 0 Å². The normalized spacial score (nSPS) is 22.3. The Morgan fingerprint density at radius 2 is 1.90 bits per heavy atom. The zero-order valence-corrected chi connectivity index (χ0v) is 15.2. The highest BCUT2D eigenvalue weighted by Crippen LogP contribution is 2.35. The van der Waals surface area contributed by atoms with Crippen molar-refractivity contribution in [3.8, 4) is 5.75 Å². The zero-order chi connectivity index (χ0) is 14.7. The van der Waals surface area contributed by atoms with Crippen molar-refractivity contribution >= 4 is 31.9 Å². The third-order valence-electron chi connectivity index (χ3n) is 3.92. The van der Waals surface area contributed by atoms with Crippen molar-refractivity contribution in [2.24, 2.45) is 0 Å². The summed E-state index contributed by atoms with van der Waals surface area (Å²) in [5.74, 6) is 0.874. The Bertz CT molecular complexity index is 462. The van der Waals surface area contributed by atoms with Crippen LogP contribution in [0.15, 0.2) is 21.1 Å². The minimum atomic E-state index is 0.230. The first kappa shape index (κ1) is 15.8. The van der Waals surface area contributed by atoms with Crippen LogP contribution in [0, 0.1) is 0 Å². The largest absolute Gasteiger partial charge is 0.489 e. The highest BCUT2D eigenvalue weighted by Gasteiger charge is 2.21. The van der Waals surface area contributed by atoms with Gasteiger partial charge in [-0.25, -0.2) is 0 Å². The lowest BCUT2D eigenvalue weighted by Gasteiger charge is -2.23. The number of nitrogens with one attached hydrogen (secondary N) is 1. The number of ether oxygens (including phenoxy) is 2. The van der Waals surface area contributed by atoms with E-state index in [0.29, 0.717) is 6.61 Å². The molecule has 0 bridgehead atoms. The second-order valence-corrected chi connectivity index (χ2v) is 7.55. The van der Waals surface area contributed by atoms with Crippen molar-refractivity contribution in [2.75, 3.05) is 13.2 Å². The van der Waals surface area contributed by atoms with Crippen molar-refractivity contribution in [3.05, 3.63) is 26.6 Å². The van der Waals surface area contributed by atoms with Crippen LogP contribution in [-0.2, 0) is 11.3 Å². The Kier molecular flexibility index (Phi) is 5.60. The summed E-state index contributed by atoms with van der Waals surface area (Å²) in [7, 11) is 0. The maximum absolute atomic E-state index is 5.96. The molecule has 1 N–H and O–H groups in total. The van der Waals surface area contributed by atoms with E-state index in [4.69, 9.17) is 9.47 Å². The highest BCUT2D eigenvalue weighted by atomic mass is 79.9. The summed E-state index contributed by atoms with van der Waals surface area (Å²) in [5.41, 5.74) is 1.27. The van der Waals surface area contributed by atoms with Gasteiger partial charge in [0.2, 0.25) is 0 Å². The summed E-state index contributed by atoms with van der Waals surface area (Å²) in [5, 5.41) is 3.53. The molecule has 1 aromatic carbocycles. The van der Waals surface area contributed by atoms with E-state index >= 15 is 0 Å². The van der Waals surface area contributed by atoms with E-state index in [9.17, 15) is 0 Å².